The van der Waals surface area contributed by atoms with Gasteiger partial charge in [-0.3, -0.25) is 0 Å². The molecule has 0 aromatic rings. The Morgan fingerprint density at radius 1 is 1.17 bits per heavy atom. The zero-order chi connectivity index (χ0) is 9.30. The van der Waals surface area contributed by atoms with Gasteiger partial charge < -0.3 is 9.90 Å². The van der Waals surface area contributed by atoms with Gasteiger partial charge in [0.15, 0.2) is 6.17 Å². The Kier molecular flexibility index (Phi) is 2.59. The fraction of sp³-hybridized carbons (Fsp3) is 0.857. The maximum Gasteiger partial charge on any atom is 0.163 e. The Bertz CT molecular complexity index is 185. The highest BCUT2D eigenvalue weighted by Crippen LogP contribution is 2.31. The molecule has 1 saturated carbocycles. The molecule has 0 amide bonds. The van der Waals surface area contributed by atoms with Crippen LogP contribution in [0.1, 0.15) is 12.8 Å². The van der Waals surface area contributed by atoms with E-state index in [0.717, 1.165) is 0 Å². The van der Waals surface area contributed by atoms with Crippen LogP contribution in [0.15, 0.2) is 0 Å². The van der Waals surface area contributed by atoms with E-state index in [1.54, 1.807) is 0 Å². The second-order valence-corrected chi connectivity index (χ2v) is 2.91. The first-order valence-corrected chi connectivity index (χ1v) is 3.67. The minimum Gasteiger partial charge on any atom is -0.550 e. The molecule has 2 nitrogen and oxygen atoms in total. The summed E-state index contributed by atoms with van der Waals surface area (Å²) in [4.78, 5) is 10.2. The summed E-state index contributed by atoms with van der Waals surface area (Å²) >= 11 is 0. The molecule has 1 aliphatic carbocycles. The van der Waals surface area contributed by atoms with Crippen LogP contribution in [0.4, 0.5) is 13.2 Å². The monoisotopic (exact) mass is 181 g/mol. The number of rotatable bonds is 1. The number of alkyl halides is 3. The summed E-state index contributed by atoms with van der Waals surface area (Å²) in [5.41, 5.74) is 0. The van der Waals surface area contributed by atoms with Gasteiger partial charge in [0.05, 0.1) is 0 Å². The van der Waals surface area contributed by atoms with Gasteiger partial charge in [-0.15, -0.1) is 0 Å². The largest absolute Gasteiger partial charge is 0.550 e. The molecule has 0 spiro atoms. The lowest BCUT2D eigenvalue weighted by Crippen LogP contribution is -2.47. The van der Waals surface area contributed by atoms with Crippen LogP contribution in [0, 0.1) is 5.92 Å². The number of carboxylic acids is 1. The molecule has 1 rings (SSSR count). The van der Waals surface area contributed by atoms with Gasteiger partial charge in [0.1, 0.15) is 12.3 Å². The van der Waals surface area contributed by atoms with E-state index < -0.39 is 30.4 Å². The Morgan fingerprint density at radius 2 is 1.75 bits per heavy atom. The van der Waals surface area contributed by atoms with Crippen molar-refractivity contribution in [2.24, 2.45) is 5.92 Å². The van der Waals surface area contributed by atoms with Crippen LogP contribution in [0.3, 0.4) is 0 Å². The number of halogens is 3. The lowest BCUT2D eigenvalue weighted by molar-refractivity contribution is -0.315. The van der Waals surface area contributed by atoms with E-state index in [1.165, 1.54) is 0 Å². The Balaban J connectivity index is 2.65. The quantitative estimate of drug-likeness (QED) is 0.578. The highest BCUT2D eigenvalue weighted by atomic mass is 19.2. The third kappa shape index (κ3) is 1.54. The molecular weight excluding hydrogens is 173 g/mol. The SMILES string of the molecule is O=C([O-])C1CCC(F)C(F)C1F. The summed E-state index contributed by atoms with van der Waals surface area (Å²) < 4.78 is 37.7. The van der Waals surface area contributed by atoms with Crippen molar-refractivity contribution in [3.63, 3.8) is 0 Å². The molecule has 4 atom stereocenters. The van der Waals surface area contributed by atoms with Gasteiger partial charge >= 0.3 is 0 Å². The molecule has 0 aliphatic heterocycles. The van der Waals surface area contributed by atoms with E-state index in [1.807, 2.05) is 0 Å². The second-order valence-electron chi connectivity index (χ2n) is 2.91. The standard InChI is InChI=1S/C7H9F3O2/c8-4-2-1-3(7(11)12)5(9)6(4)10/h3-6H,1-2H2,(H,11,12)/p-1. The maximum atomic E-state index is 12.7. The van der Waals surface area contributed by atoms with Gasteiger partial charge in [-0.2, -0.15) is 0 Å². The highest BCUT2D eigenvalue weighted by molar-refractivity contribution is 5.68. The molecule has 0 aromatic carbocycles. The van der Waals surface area contributed by atoms with E-state index in [-0.39, 0.29) is 12.8 Å². The van der Waals surface area contributed by atoms with Gasteiger partial charge in [-0.05, 0) is 12.8 Å². The van der Waals surface area contributed by atoms with Crippen LogP contribution in [-0.2, 0) is 4.79 Å². The number of carbonyl (C=O) groups excluding carboxylic acids is 1. The van der Waals surface area contributed by atoms with E-state index >= 15 is 0 Å². The molecule has 0 heterocycles. The average Bonchev–Trinajstić information content (AvgIpc) is 2.00. The zero-order valence-electron chi connectivity index (χ0n) is 6.17. The van der Waals surface area contributed by atoms with Crippen molar-refractivity contribution in [2.75, 3.05) is 0 Å². The van der Waals surface area contributed by atoms with E-state index in [2.05, 4.69) is 0 Å². The molecule has 1 fully saturated rings. The minimum absolute atomic E-state index is 0.189. The van der Waals surface area contributed by atoms with Gasteiger partial charge in [0.2, 0.25) is 0 Å². The summed E-state index contributed by atoms with van der Waals surface area (Å²) in [7, 11) is 0. The highest BCUT2D eigenvalue weighted by Gasteiger charge is 2.40. The molecule has 4 unspecified atom stereocenters. The van der Waals surface area contributed by atoms with E-state index in [4.69, 9.17) is 0 Å². The lowest BCUT2D eigenvalue weighted by Gasteiger charge is -2.31. The number of aliphatic carboxylic acids is 1. The normalized spacial score (nSPS) is 42.6. The molecule has 70 valence electrons. The van der Waals surface area contributed by atoms with Crippen LogP contribution in [-0.4, -0.2) is 24.5 Å². The molecule has 1 aliphatic rings. The molecule has 12 heavy (non-hydrogen) atoms. The summed E-state index contributed by atoms with van der Waals surface area (Å²) in [6.45, 7) is 0. The van der Waals surface area contributed by atoms with Crippen LogP contribution in [0.2, 0.25) is 0 Å². The van der Waals surface area contributed by atoms with Crippen LogP contribution >= 0.6 is 0 Å². The Hall–Kier alpha value is -0.740. The molecule has 0 aromatic heterocycles. The van der Waals surface area contributed by atoms with Crippen molar-refractivity contribution >= 4 is 5.97 Å². The summed E-state index contributed by atoms with van der Waals surface area (Å²) in [6.07, 6.45) is -6.90. The third-order valence-electron chi connectivity index (χ3n) is 2.09. The fourth-order valence-electron chi connectivity index (χ4n) is 1.33. The Labute approximate surface area is 67.4 Å². The summed E-state index contributed by atoms with van der Waals surface area (Å²) in [6, 6.07) is 0. The second kappa shape index (κ2) is 3.33. The van der Waals surface area contributed by atoms with Crippen molar-refractivity contribution in [1.82, 2.24) is 0 Å². The van der Waals surface area contributed by atoms with Gasteiger partial charge in [-0.25, -0.2) is 13.2 Å². The zero-order valence-corrected chi connectivity index (χ0v) is 6.17. The molecule has 5 heteroatoms. The van der Waals surface area contributed by atoms with Gasteiger partial charge in [-0.1, -0.05) is 0 Å². The lowest BCUT2D eigenvalue weighted by atomic mass is 9.85. The fourth-order valence-corrected chi connectivity index (χ4v) is 1.33. The molecule has 0 bridgehead atoms. The number of carboxylic acid groups (broad SMARTS) is 1. The van der Waals surface area contributed by atoms with Gasteiger partial charge in [0, 0.05) is 11.9 Å². The first kappa shape index (κ1) is 9.35. The van der Waals surface area contributed by atoms with Crippen LogP contribution in [0.25, 0.3) is 0 Å². The van der Waals surface area contributed by atoms with Crippen molar-refractivity contribution in [3.8, 4) is 0 Å². The molecule has 0 N–H and O–H groups in total. The van der Waals surface area contributed by atoms with Crippen molar-refractivity contribution < 1.29 is 23.1 Å². The summed E-state index contributed by atoms with van der Waals surface area (Å²) in [5, 5.41) is 10.2. The first-order valence-electron chi connectivity index (χ1n) is 3.67. The number of carbonyl (C=O) groups is 1. The predicted octanol–water partition coefficient (Wildman–Crippen LogP) is 0.161. The molecule has 0 radical (unpaired) electrons. The maximum absolute atomic E-state index is 12.7. The van der Waals surface area contributed by atoms with E-state index in [0.29, 0.717) is 0 Å². The molecular formula is C7H8F3O2-. The van der Waals surface area contributed by atoms with Crippen molar-refractivity contribution in [3.05, 3.63) is 0 Å². The third-order valence-corrected chi connectivity index (χ3v) is 2.09. The smallest absolute Gasteiger partial charge is 0.163 e. The van der Waals surface area contributed by atoms with Crippen molar-refractivity contribution in [2.45, 2.75) is 31.4 Å². The predicted molar refractivity (Wildman–Crippen MR) is 32.4 cm³/mol. The number of hydrogen-bond donors (Lipinski definition) is 0. The topological polar surface area (TPSA) is 40.1 Å². The summed E-state index contributed by atoms with van der Waals surface area (Å²) in [5.74, 6) is -3.14. The first-order chi connectivity index (χ1) is 5.54. The van der Waals surface area contributed by atoms with E-state index in [9.17, 15) is 23.1 Å². The van der Waals surface area contributed by atoms with Gasteiger partial charge in [0.25, 0.3) is 0 Å². The number of hydrogen-bond acceptors (Lipinski definition) is 2. The van der Waals surface area contributed by atoms with Crippen molar-refractivity contribution in [1.29, 1.82) is 0 Å². The Morgan fingerprint density at radius 3 is 2.25 bits per heavy atom. The average molecular weight is 181 g/mol. The minimum atomic E-state index is -2.32. The van der Waals surface area contributed by atoms with Crippen LogP contribution in [0.5, 0.6) is 0 Å². The van der Waals surface area contributed by atoms with Crippen LogP contribution < -0.4 is 5.11 Å². The molecule has 0 saturated heterocycles.